The summed E-state index contributed by atoms with van der Waals surface area (Å²) in [7, 11) is 0. The third-order valence-electron chi connectivity index (χ3n) is 7.47. The van der Waals surface area contributed by atoms with Gasteiger partial charge in [0.05, 0.1) is 0 Å². The van der Waals surface area contributed by atoms with Crippen molar-refractivity contribution in [1.82, 2.24) is 10.2 Å². The van der Waals surface area contributed by atoms with Crippen LogP contribution in [0.2, 0.25) is 0 Å². The van der Waals surface area contributed by atoms with E-state index >= 15 is 0 Å². The molecule has 4 saturated carbocycles. The number of likely N-dealkylation sites (tertiary alicyclic amines) is 1. The van der Waals surface area contributed by atoms with Crippen LogP contribution in [0.3, 0.4) is 0 Å². The number of likely N-dealkylation sites (N-methyl/N-ethyl adjacent to an activating group) is 1. The summed E-state index contributed by atoms with van der Waals surface area (Å²) in [6.45, 7) is 8.62. The van der Waals surface area contributed by atoms with Crippen molar-refractivity contribution in [1.29, 1.82) is 0 Å². The Kier molecular flexibility index (Phi) is 3.82. The van der Waals surface area contributed by atoms with Crippen molar-refractivity contribution >= 4 is 0 Å². The fraction of sp³-hybridized carbons (Fsp3) is 1.00. The van der Waals surface area contributed by atoms with Crippen LogP contribution in [0.25, 0.3) is 0 Å². The van der Waals surface area contributed by atoms with E-state index < -0.39 is 0 Å². The molecule has 4 bridgehead atoms. The molecule has 2 heteroatoms. The van der Waals surface area contributed by atoms with Crippen LogP contribution in [0.4, 0.5) is 0 Å². The summed E-state index contributed by atoms with van der Waals surface area (Å²) in [6, 6.07) is 1.58. The van der Waals surface area contributed by atoms with Gasteiger partial charge >= 0.3 is 0 Å². The van der Waals surface area contributed by atoms with E-state index in [1.807, 2.05) is 0 Å². The van der Waals surface area contributed by atoms with Crippen LogP contribution in [0, 0.1) is 23.2 Å². The molecule has 1 N–H and O–H groups in total. The van der Waals surface area contributed by atoms with Crippen LogP contribution >= 0.6 is 0 Å². The third kappa shape index (κ3) is 2.57. The molecule has 0 aromatic heterocycles. The average molecular weight is 290 g/mol. The molecule has 4 aliphatic carbocycles. The zero-order chi connectivity index (χ0) is 14.4. The standard InChI is InChI=1S/C19H34N2/c1-3-20-18-5-4-6-21(13-18)14(2)19-10-15-7-16(11-19)9-17(8-15)12-19/h14-18,20H,3-13H2,1-2H3. The van der Waals surface area contributed by atoms with Gasteiger partial charge in [-0.1, -0.05) is 6.92 Å². The molecular weight excluding hydrogens is 256 g/mol. The maximum Gasteiger partial charge on any atom is 0.0195 e. The Bertz CT molecular complexity index is 340. The van der Waals surface area contributed by atoms with Gasteiger partial charge in [-0.25, -0.2) is 0 Å². The highest BCUT2D eigenvalue weighted by Gasteiger charge is 2.54. The van der Waals surface area contributed by atoms with Crippen molar-refractivity contribution in [3.05, 3.63) is 0 Å². The largest absolute Gasteiger partial charge is 0.313 e. The summed E-state index contributed by atoms with van der Waals surface area (Å²) in [4.78, 5) is 2.87. The average Bonchev–Trinajstić information content (AvgIpc) is 2.46. The molecule has 0 aromatic carbocycles. The Hall–Kier alpha value is -0.0800. The van der Waals surface area contributed by atoms with Crippen LogP contribution in [-0.4, -0.2) is 36.6 Å². The Balaban J connectivity index is 1.47. The first kappa shape index (κ1) is 14.5. The summed E-state index contributed by atoms with van der Waals surface area (Å²) in [6.07, 6.45) is 12.2. The van der Waals surface area contributed by atoms with Crippen LogP contribution < -0.4 is 5.32 Å². The molecule has 21 heavy (non-hydrogen) atoms. The lowest BCUT2D eigenvalue weighted by molar-refractivity contribution is -0.101. The first-order chi connectivity index (χ1) is 10.2. The lowest BCUT2D eigenvalue weighted by Crippen LogP contribution is -2.59. The second-order valence-corrected chi connectivity index (χ2v) is 8.85. The molecule has 2 unspecified atom stereocenters. The molecule has 1 heterocycles. The molecule has 1 aliphatic heterocycles. The molecule has 0 aromatic rings. The van der Waals surface area contributed by atoms with Crippen LogP contribution in [0.15, 0.2) is 0 Å². The van der Waals surface area contributed by atoms with Gasteiger partial charge in [0.25, 0.3) is 0 Å². The van der Waals surface area contributed by atoms with Crippen molar-refractivity contribution < 1.29 is 0 Å². The van der Waals surface area contributed by atoms with Crippen molar-refractivity contribution in [2.45, 2.75) is 77.3 Å². The van der Waals surface area contributed by atoms with E-state index in [1.54, 1.807) is 38.5 Å². The highest BCUT2D eigenvalue weighted by atomic mass is 15.2. The van der Waals surface area contributed by atoms with Crippen LogP contribution in [0.5, 0.6) is 0 Å². The Morgan fingerprint density at radius 2 is 1.71 bits per heavy atom. The topological polar surface area (TPSA) is 15.3 Å². The summed E-state index contributed by atoms with van der Waals surface area (Å²) >= 11 is 0. The first-order valence-electron chi connectivity index (χ1n) is 9.66. The molecule has 5 rings (SSSR count). The Labute approximate surface area is 131 Å². The predicted octanol–water partition coefficient (Wildman–Crippen LogP) is 3.67. The van der Waals surface area contributed by atoms with Gasteiger partial charge < -0.3 is 5.32 Å². The maximum absolute atomic E-state index is 3.70. The van der Waals surface area contributed by atoms with Gasteiger partial charge in [-0.15, -0.1) is 0 Å². The zero-order valence-electron chi connectivity index (χ0n) is 14.1. The number of nitrogens with zero attached hydrogens (tertiary/aromatic N) is 1. The normalized spacial score (nSPS) is 47.7. The maximum atomic E-state index is 3.70. The molecule has 0 spiro atoms. The monoisotopic (exact) mass is 290 g/mol. The smallest absolute Gasteiger partial charge is 0.0195 e. The lowest BCUT2D eigenvalue weighted by atomic mass is 9.47. The second-order valence-electron chi connectivity index (χ2n) is 8.85. The third-order valence-corrected chi connectivity index (χ3v) is 7.47. The van der Waals surface area contributed by atoms with Crippen molar-refractivity contribution in [3.63, 3.8) is 0 Å². The van der Waals surface area contributed by atoms with Gasteiger partial charge in [0.15, 0.2) is 0 Å². The Morgan fingerprint density at radius 3 is 2.29 bits per heavy atom. The molecule has 120 valence electrons. The molecular formula is C19H34N2. The second kappa shape index (κ2) is 5.53. The van der Waals surface area contributed by atoms with E-state index in [2.05, 4.69) is 24.1 Å². The Morgan fingerprint density at radius 1 is 1.10 bits per heavy atom. The van der Waals surface area contributed by atoms with Gasteiger partial charge in [-0.05, 0) is 94.5 Å². The van der Waals surface area contributed by atoms with Crippen LogP contribution in [0.1, 0.15) is 65.2 Å². The quantitative estimate of drug-likeness (QED) is 0.850. The molecule has 0 amide bonds. The minimum atomic E-state index is 0.697. The number of hydrogen-bond acceptors (Lipinski definition) is 2. The van der Waals surface area contributed by atoms with Crippen LogP contribution in [-0.2, 0) is 0 Å². The fourth-order valence-electron chi connectivity index (χ4n) is 6.89. The summed E-state index contributed by atoms with van der Waals surface area (Å²) < 4.78 is 0. The van der Waals surface area contributed by atoms with Crippen molar-refractivity contribution in [3.8, 4) is 0 Å². The van der Waals surface area contributed by atoms with Gasteiger partial charge in [-0.2, -0.15) is 0 Å². The minimum absolute atomic E-state index is 0.697. The summed E-state index contributed by atoms with van der Waals surface area (Å²) in [5, 5.41) is 3.70. The molecule has 1 saturated heterocycles. The molecule has 2 nitrogen and oxygen atoms in total. The predicted molar refractivity (Wildman–Crippen MR) is 88.3 cm³/mol. The highest BCUT2D eigenvalue weighted by molar-refractivity contribution is 5.06. The SMILES string of the molecule is CCNC1CCCN(C(C)C23CC4CC(CC(C4)C2)C3)C1. The van der Waals surface area contributed by atoms with E-state index in [0.29, 0.717) is 5.41 Å². The highest BCUT2D eigenvalue weighted by Crippen LogP contribution is 2.62. The van der Waals surface area contributed by atoms with Gasteiger partial charge in [0.1, 0.15) is 0 Å². The molecule has 0 radical (unpaired) electrons. The van der Waals surface area contributed by atoms with Gasteiger partial charge in [0.2, 0.25) is 0 Å². The molecule has 5 aliphatic rings. The summed E-state index contributed by atoms with van der Waals surface area (Å²) in [5.41, 5.74) is 0.697. The van der Waals surface area contributed by atoms with Gasteiger partial charge in [-0.3, -0.25) is 4.90 Å². The zero-order valence-corrected chi connectivity index (χ0v) is 14.1. The number of hydrogen-bond donors (Lipinski definition) is 1. The lowest BCUT2D eigenvalue weighted by Gasteiger charge is -2.61. The minimum Gasteiger partial charge on any atom is -0.313 e. The van der Waals surface area contributed by atoms with Gasteiger partial charge in [0, 0.05) is 18.6 Å². The van der Waals surface area contributed by atoms with Crippen molar-refractivity contribution in [2.75, 3.05) is 19.6 Å². The molecule has 2 atom stereocenters. The first-order valence-corrected chi connectivity index (χ1v) is 9.66. The number of nitrogens with one attached hydrogen (secondary N) is 1. The van der Waals surface area contributed by atoms with Crippen molar-refractivity contribution in [2.24, 2.45) is 23.2 Å². The van der Waals surface area contributed by atoms with E-state index in [9.17, 15) is 0 Å². The fourth-order valence-corrected chi connectivity index (χ4v) is 6.89. The number of piperidine rings is 1. The molecule has 5 fully saturated rings. The summed E-state index contributed by atoms with van der Waals surface area (Å²) in [5.74, 6) is 3.27. The van der Waals surface area contributed by atoms with E-state index in [4.69, 9.17) is 0 Å². The van der Waals surface area contributed by atoms with E-state index in [0.717, 1.165) is 36.4 Å². The van der Waals surface area contributed by atoms with E-state index in [1.165, 1.54) is 25.9 Å². The van der Waals surface area contributed by atoms with E-state index in [-0.39, 0.29) is 0 Å². The number of rotatable bonds is 4.